The van der Waals surface area contributed by atoms with Crippen LogP contribution in [0.15, 0.2) is 54.6 Å². The van der Waals surface area contributed by atoms with Gasteiger partial charge in [0.1, 0.15) is 5.02 Å². The van der Waals surface area contributed by atoms with Crippen molar-refractivity contribution in [3.8, 4) is 0 Å². The maximum Gasteiger partial charge on any atom is 0.338 e. The number of amides is 2. The quantitative estimate of drug-likeness (QED) is 0.152. The van der Waals surface area contributed by atoms with Gasteiger partial charge in [0.05, 0.1) is 28.0 Å². The van der Waals surface area contributed by atoms with Gasteiger partial charge in [0.15, 0.2) is 6.61 Å². The first-order valence-corrected chi connectivity index (χ1v) is 10.9. The number of nitro groups is 1. The van der Waals surface area contributed by atoms with Crippen molar-refractivity contribution in [2.75, 3.05) is 11.5 Å². The van der Waals surface area contributed by atoms with E-state index in [1.54, 1.807) is 6.07 Å². The van der Waals surface area contributed by atoms with Crippen molar-refractivity contribution in [1.29, 1.82) is 0 Å². The van der Waals surface area contributed by atoms with Gasteiger partial charge in [-0.2, -0.15) is 0 Å². The van der Waals surface area contributed by atoms with Crippen LogP contribution in [0.4, 0.5) is 11.4 Å². The first-order valence-electron chi connectivity index (χ1n) is 10.5. The number of nitrogens with zero attached hydrogens (tertiary/aromatic N) is 2. The number of fused-ring (bicyclic) bond motifs is 1. The molecule has 2 amide bonds. The van der Waals surface area contributed by atoms with Crippen molar-refractivity contribution in [2.24, 2.45) is 17.8 Å². The van der Waals surface area contributed by atoms with E-state index in [1.165, 1.54) is 30.3 Å². The fourth-order valence-corrected chi connectivity index (χ4v) is 4.48. The highest BCUT2D eigenvalue weighted by Gasteiger charge is 2.50. The molecule has 1 fully saturated rings. The van der Waals surface area contributed by atoms with Crippen LogP contribution >= 0.6 is 11.6 Å². The Hall–Kier alpha value is -3.85. The summed E-state index contributed by atoms with van der Waals surface area (Å²) in [7, 11) is 0. The lowest BCUT2D eigenvalue weighted by Gasteiger charge is -2.22. The number of hydrogen-bond acceptors (Lipinski definition) is 7. The second kappa shape index (κ2) is 9.18. The van der Waals surface area contributed by atoms with Crippen molar-refractivity contribution in [2.45, 2.75) is 13.3 Å². The highest BCUT2D eigenvalue weighted by molar-refractivity contribution is 6.32. The van der Waals surface area contributed by atoms with Gasteiger partial charge in [-0.15, -0.1) is 0 Å². The number of allylic oxidation sites excluding steroid dienone is 2. The second-order valence-electron chi connectivity index (χ2n) is 8.14. The van der Waals surface area contributed by atoms with Crippen LogP contribution in [0.5, 0.6) is 0 Å². The minimum Gasteiger partial charge on any atom is -0.454 e. The Kier molecular flexibility index (Phi) is 6.30. The van der Waals surface area contributed by atoms with Crippen molar-refractivity contribution in [3.63, 3.8) is 0 Å². The van der Waals surface area contributed by atoms with E-state index < -0.39 is 40.8 Å². The van der Waals surface area contributed by atoms with Gasteiger partial charge in [-0.1, -0.05) is 36.7 Å². The van der Waals surface area contributed by atoms with E-state index in [4.69, 9.17) is 16.3 Å². The molecule has 0 unspecified atom stereocenters. The number of halogens is 1. The molecule has 1 aliphatic carbocycles. The van der Waals surface area contributed by atoms with Crippen LogP contribution in [0.3, 0.4) is 0 Å². The molecular weight excluding hydrogens is 464 g/mol. The third-order valence-electron chi connectivity index (χ3n) is 6.01. The maximum atomic E-state index is 13.0. The highest BCUT2D eigenvalue weighted by Crippen LogP contribution is 2.40. The van der Waals surface area contributed by atoms with Crippen LogP contribution in [-0.4, -0.2) is 35.1 Å². The molecule has 34 heavy (non-hydrogen) atoms. The van der Waals surface area contributed by atoms with Crippen LogP contribution < -0.4 is 4.90 Å². The number of esters is 1. The molecule has 0 radical (unpaired) electrons. The van der Waals surface area contributed by atoms with Crippen LogP contribution in [0.25, 0.3) is 0 Å². The van der Waals surface area contributed by atoms with Crippen LogP contribution in [0, 0.1) is 27.9 Å². The van der Waals surface area contributed by atoms with Gasteiger partial charge < -0.3 is 4.74 Å². The smallest absolute Gasteiger partial charge is 0.338 e. The fraction of sp³-hybridized carbons (Fsp3) is 0.250. The lowest BCUT2D eigenvalue weighted by Crippen LogP contribution is -2.31. The van der Waals surface area contributed by atoms with E-state index in [-0.39, 0.29) is 39.6 Å². The summed E-state index contributed by atoms with van der Waals surface area (Å²) < 4.78 is 5.07. The monoisotopic (exact) mass is 482 g/mol. The number of anilines is 1. The zero-order valence-corrected chi connectivity index (χ0v) is 18.7. The van der Waals surface area contributed by atoms with Gasteiger partial charge in [-0.3, -0.25) is 29.4 Å². The number of ketones is 1. The average molecular weight is 483 g/mol. The summed E-state index contributed by atoms with van der Waals surface area (Å²) in [6, 6.07) is 9.40. The predicted octanol–water partition coefficient (Wildman–Crippen LogP) is 3.99. The molecule has 9 nitrogen and oxygen atoms in total. The zero-order chi connectivity index (χ0) is 24.6. The molecule has 2 aliphatic rings. The lowest BCUT2D eigenvalue weighted by molar-refractivity contribution is -0.384. The number of Topliss-reactive ketones (excluding diaryl/α,β-unsaturated/α-hetero) is 1. The molecule has 0 spiro atoms. The molecule has 0 saturated carbocycles. The zero-order valence-electron chi connectivity index (χ0n) is 18.0. The summed E-state index contributed by atoms with van der Waals surface area (Å²) in [6.07, 6.45) is 4.32. The van der Waals surface area contributed by atoms with Gasteiger partial charge in [-0.05, 0) is 42.7 Å². The lowest BCUT2D eigenvalue weighted by atomic mass is 9.78. The van der Waals surface area contributed by atoms with Gasteiger partial charge in [0, 0.05) is 11.6 Å². The van der Waals surface area contributed by atoms with E-state index in [0.29, 0.717) is 6.42 Å². The Morgan fingerprint density at radius 2 is 1.91 bits per heavy atom. The number of ether oxygens (including phenoxy) is 1. The largest absolute Gasteiger partial charge is 0.454 e. The van der Waals surface area contributed by atoms with Crippen molar-refractivity contribution < 1.29 is 28.8 Å². The molecule has 1 heterocycles. The number of hydrogen-bond donors (Lipinski definition) is 0. The van der Waals surface area contributed by atoms with Crippen molar-refractivity contribution in [1.82, 2.24) is 0 Å². The Labute approximate surface area is 199 Å². The van der Waals surface area contributed by atoms with Gasteiger partial charge >= 0.3 is 5.97 Å². The third kappa shape index (κ3) is 4.22. The van der Waals surface area contributed by atoms with E-state index >= 15 is 0 Å². The number of imide groups is 1. The molecule has 2 aromatic carbocycles. The number of benzene rings is 2. The predicted molar refractivity (Wildman–Crippen MR) is 122 cm³/mol. The summed E-state index contributed by atoms with van der Waals surface area (Å²) in [6.45, 7) is 1.23. The van der Waals surface area contributed by atoms with Gasteiger partial charge in [0.2, 0.25) is 17.6 Å². The first kappa shape index (κ1) is 23.3. The Bertz CT molecular complexity index is 1260. The summed E-state index contributed by atoms with van der Waals surface area (Å²) in [5.74, 6) is -3.04. The molecule has 4 rings (SSSR count). The van der Waals surface area contributed by atoms with Gasteiger partial charge in [-0.25, -0.2) is 4.79 Å². The molecule has 1 aliphatic heterocycles. The number of nitro benzene ring substituents is 1. The second-order valence-corrected chi connectivity index (χ2v) is 8.55. The minimum atomic E-state index is -0.842. The summed E-state index contributed by atoms with van der Waals surface area (Å²) in [5, 5.41) is 10.9. The minimum absolute atomic E-state index is 0.0313. The molecule has 3 atom stereocenters. The van der Waals surface area contributed by atoms with Crippen molar-refractivity contribution in [3.05, 3.63) is 80.9 Å². The van der Waals surface area contributed by atoms with E-state index in [2.05, 4.69) is 0 Å². The number of rotatable bonds is 6. The summed E-state index contributed by atoms with van der Waals surface area (Å²) >= 11 is 5.75. The molecule has 10 heteroatoms. The molecule has 0 bridgehead atoms. The summed E-state index contributed by atoms with van der Waals surface area (Å²) in [4.78, 5) is 62.2. The first-order chi connectivity index (χ1) is 16.2. The topological polar surface area (TPSA) is 124 Å². The van der Waals surface area contributed by atoms with Crippen molar-refractivity contribution >= 4 is 46.5 Å². The molecule has 0 N–H and O–H groups in total. The Morgan fingerprint density at radius 3 is 2.62 bits per heavy atom. The third-order valence-corrected chi connectivity index (χ3v) is 6.33. The van der Waals surface area contributed by atoms with Crippen LogP contribution in [0.1, 0.15) is 34.1 Å². The molecular formula is C24H19ClN2O7. The number of carbonyl (C=O) groups excluding carboxylic acids is 4. The van der Waals surface area contributed by atoms with E-state index in [1.807, 2.05) is 19.1 Å². The van der Waals surface area contributed by atoms with Crippen LogP contribution in [-0.2, 0) is 14.3 Å². The average Bonchev–Trinajstić information content (AvgIpc) is 3.08. The Balaban J connectivity index is 1.47. The molecule has 0 aromatic heterocycles. The maximum absolute atomic E-state index is 13.0. The fourth-order valence-electron chi connectivity index (χ4n) is 4.30. The molecule has 2 aromatic rings. The van der Waals surface area contributed by atoms with Crippen LogP contribution in [0.2, 0.25) is 5.02 Å². The SMILES string of the molecule is C[C@@H]1C=CC[C@H]2C(=O)N(c3cccc(C(=O)OCC(=O)c4ccc(Cl)c([N+](=O)[O-])c4)c3)C(=O)[C@H]12. The highest BCUT2D eigenvalue weighted by atomic mass is 35.5. The van der Waals surface area contributed by atoms with E-state index in [0.717, 1.165) is 11.0 Å². The van der Waals surface area contributed by atoms with E-state index in [9.17, 15) is 29.3 Å². The Morgan fingerprint density at radius 1 is 1.15 bits per heavy atom. The number of carbonyl (C=O) groups is 4. The molecule has 1 saturated heterocycles. The van der Waals surface area contributed by atoms with Gasteiger partial charge in [0.25, 0.3) is 5.69 Å². The standard InChI is InChI=1S/C24H19ClN2O7/c1-13-4-2-7-17-21(13)23(30)26(22(17)29)16-6-3-5-15(10-16)24(31)34-12-20(28)14-8-9-18(25)19(11-14)27(32)33/h2-6,8-11,13,17,21H,7,12H2,1H3/t13-,17-,21-/m1/s1. The summed E-state index contributed by atoms with van der Waals surface area (Å²) in [5.41, 5.74) is -0.160. The normalized spacial score (nSPS) is 21.4. The molecule has 174 valence electrons.